The van der Waals surface area contributed by atoms with Crippen LogP contribution in [0, 0.1) is 11.8 Å². The molecule has 1 aliphatic rings. The number of hydrogen-bond donors (Lipinski definition) is 1. The predicted molar refractivity (Wildman–Crippen MR) is 86.2 cm³/mol. The van der Waals surface area contributed by atoms with Crippen LogP contribution >= 0.6 is 0 Å². The Morgan fingerprint density at radius 2 is 2.14 bits per heavy atom. The van der Waals surface area contributed by atoms with Crippen molar-refractivity contribution in [1.29, 1.82) is 0 Å². The van der Waals surface area contributed by atoms with Crippen LogP contribution in [0.4, 0.5) is 0 Å². The lowest BCUT2D eigenvalue weighted by atomic mass is 9.79. The molecule has 0 bridgehead atoms. The molecule has 1 aromatic heterocycles. The van der Waals surface area contributed by atoms with E-state index in [0.29, 0.717) is 12.3 Å². The monoisotopic (exact) mass is 286 g/mol. The van der Waals surface area contributed by atoms with Gasteiger partial charge in [-0.2, -0.15) is 0 Å². The highest BCUT2D eigenvalue weighted by molar-refractivity contribution is 5.75. The maximum atomic E-state index is 10.6. The van der Waals surface area contributed by atoms with Gasteiger partial charge < -0.3 is 9.67 Å². The number of para-hydroxylation sites is 2. The van der Waals surface area contributed by atoms with Gasteiger partial charge in [0.05, 0.1) is 17.1 Å². The average molecular weight is 286 g/mol. The molecule has 3 unspecified atom stereocenters. The first kappa shape index (κ1) is 14.6. The number of hydrogen-bond acceptors (Lipinski definition) is 2. The minimum Gasteiger partial charge on any atom is -0.392 e. The molecule has 1 saturated carbocycles. The normalized spacial score (nSPS) is 24.3. The van der Waals surface area contributed by atoms with Gasteiger partial charge in [-0.1, -0.05) is 31.9 Å². The molecule has 2 aromatic rings. The molecule has 0 saturated heterocycles. The first-order chi connectivity index (χ1) is 10.2. The zero-order chi connectivity index (χ0) is 14.8. The van der Waals surface area contributed by atoms with Crippen LogP contribution in [0.3, 0.4) is 0 Å². The Bertz CT molecular complexity index is 604. The number of aliphatic hydroxyl groups excluding tert-OH is 1. The summed E-state index contributed by atoms with van der Waals surface area (Å²) in [6, 6.07) is 8.25. The maximum absolute atomic E-state index is 10.6. The average Bonchev–Trinajstić information content (AvgIpc) is 2.84. The van der Waals surface area contributed by atoms with Gasteiger partial charge in [0.2, 0.25) is 0 Å². The summed E-state index contributed by atoms with van der Waals surface area (Å²) in [5.41, 5.74) is 2.22. The SMILES string of the molecule is CCn1c(CC(O)C2CCCC(C)C2)nc2ccccc21. The number of aryl methyl sites for hydroxylation is 1. The number of rotatable bonds is 4. The van der Waals surface area contributed by atoms with Crippen molar-refractivity contribution in [3.05, 3.63) is 30.1 Å². The second-order valence-electron chi connectivity index (χ2n) is 6.56. The predicted octanol–water partition coefficient (Wildman–Crippen LogP) is 3.79. The molecule has 3 rings (SSSR count). The van der Waals surface area contributed by atoms with Gasteiger partial charge in [-0.05, 0) is 43.7 Å². The van der Waals surface area contributed by atoms with Gasteiger partial charge in [-0.15, -0.1) is 0 Å². The summed E-state index contributed by atoms with van der Waals surface area (Å²) < 4.78 is 2.24. The first-order valence-corrected chi connectivity index (χ1v) is 8.31. The van der Waals surface area contributed by atoms with E-state index in [-0.39, 0.29) is 6.10 Å². The molecular formula is C18H26N2O. The number of nitrogens with zero attached hydrogens (tertiary/aromatic N) is 2. The van der Waals surface area contributed by atoms with E-state index >= 15 is 0 Å². The molecule has 1 fully saturated rings. The van der Waals surface area contributed by atoms with Crippen LogP contribution < -0.4 is 0 Å². The summed E-state index contributed by atoms with van der Waals surface area (Å²) in [5, 5.41) is 10.6. The Balaban J connectivity index is 1.80. The number of imidazole rings is 1. The van der Waals surface area contributed by atoms with Gasteiger partial charge in [-0.3, -0.25) is 0 Å². The number of aliphatic hydroxyl groups is 1. The van der Waals surface area contributed by atoms with Crippen LogP contribution in [-0.4, -0.2) is 20.8 Å². The first-order valence-electron chi connectivity index (χ1n) is 8.31. The fourth-order valence-corrected chi connectivity index (χ4v) is 3.82. The number of fused-ring (bicyclic) bond motifs is 1. The second kappa shape index (κ2) is 6.18. The highest BCUT2D eigenvalue weighted by Gasteiger charge is 2.26. The molecule has 3 heteroatoms. The zero-order valence-corrected chi connectivity index (χ0v) is 13.1. The number of benzene rings is 1. The molecule has 0 amide bonds. The minimum atomic E-state index is -0.255. The van der Waals surface area contributed by atoms with E-state index in [1.54, 1.807) is 0 Å². The smallest absolute Gasteiger partial charge is 0.112 e. The standard InChI is InChI=1S/C18H26N2O/c1-3-20-16-10-5-4-9-15(16)19-18(20)12-17(21)14-8-6-7-13(2)11-14/h4-5,9-10,13-14,17,21H,3,6-8,11-12H2,1-2H3. The fraction of sp³-hybridized carbons (Fsp3) is 0.611. The van der Waals surface area contributed by atoms with Crippen molar-refractivity contribution < 1.29 is 5.11 Å². The largest absolute Gasteiger partial charge is 0.392 e. The van der Waals surface area contributed by atoms with Gasteiger partial charge >= 0.3 is 0 Å². The highest BCUT2D eigenvalue weighted by Crippen LogP contribution is 2.32. The number of aromatic nitrogens is 2. The fourth-order valence-electron chi connectivity index (χ4n) is 3.82. The van der Waals surface area contributed by atoms with Crippen molar-refractivity contribution in [2.75, 3.05) is 0 Å². The van der Waals surface area contributed by atoms with Gasteiger partial charge in [-0.25, -0.2) is 4.98 Å². The molecule has 3 nitrogen and oxygen atoms in total. The Morgan fingerprint density at radius 3 is 2.90 bits per heavy atom. The quantitative estimate of drug-likeness (QED) is 0.928. The van der Waals surface area contributed by atoms with Crippen molar-refractivity contribution in [3.8, 4) is 0 Å². The molecule has 114 valence electrons. The lowest BCUT2D eigenvalue weighted by Crippen LogP contribution is -2.28. The summed E-state index contributed by atoms with van der Waals surface area (Å²) in [5.74, 6) is 2.23. The zero-order valence-electron chi connectivity index (χ0n) is 13.1. The molecule has 1 N–H and O–H groups in total. The van der Waals surface area contributed by atoms with Crippen molar-refractivity contribution >= 4 is 11.0 Å². The lowest BCUT2D eigenvalue weighted by molar-refractivity contribution is 0.0699. The van der Waals surface area contributed by atoms with E-state index in [9.17, 15) is 5.11 Å². The van der Waals surface area contributed by atoms with Crippen LogP contribution in [-0.2, 0) is 13.0 Å². The molecule has 1 heterocycles. The van der Waals surface area contributed by atoms with E-state index in [1.165, 1.54) is 18.4 Å². The molecular weight excluding hydrogens is 260 g/mol. The van der Waals surface area contributed by atoms with E-state index < -0.39 is 0 Å². The van der Waals surface area contributed by atoms with Gasteiger partial charge in [0.1, 0.15) is 5.82 Å². The Hall–Kier alpha value is -1.35. The highest BCUT2D eigenvalue weighted by atomic mass is 16.3. The molecule has 1 aliphatic carbocycles. The van der Waals surface area contributed by atoms with Crippen molar-refractivity contribution in [2.24, 2.45) is 11.8 Å². The third kappa shape index (κ3) is 2.98. The van der Waals surface area contributed by atoms with Crippen LogP contribution in [0.25, 0.3) is 11.0 Å². The van der Waals surface area contributed by atoms with Crippen molar-refractivity contribution in [3.63, 3.8) is 0 Å². The van der Waals surface area contributed by atoms with Gasteiger partial charge in [0.15, 0.2) is 0 Å². The third-order valence-electron chi connectivity index (χ3n) is 4.96. The summed E-state index contributed by atoms with van der Waals surface area (Å²) in [4.78, 5) is 4.74. The molecule has 0 spiro atoms. The van der Waals surface area contributed by atoms with Crippen LogP contribution in [0.2, 0.25) is 0 Å². The Morgan fingerprint density at radius 1 is 1.33 bits per heavy atom. The second-order valence-corrected chi connectivity index (χ2v) is 6.56. The van der Waals surface area contributed by atoms with Crippen molar-refractivity contribution in [1.82, 2.24) is 9.55 Å². The summed E-state index contributed by atoms with van der Waals surface area (Å²) in [7, 11) is 0. The summed E-state index contributed by atoms with van der Waals surface area (Å²) >= 11 is 0. The summed E-state index contributed by atoms with van der Waals surface area (Å²) in [6.07, 6.45) is 5.32. The molecule has 21 heavy (non-hydrogen) atoms. The van der Waals surface area contributed by atoms with Crippen LogP contribution in [0.5, 0.6) is 0 Å². The molecule has 0 aliphatic heterocycles. The van der Waals surface area contributed by atoms with Gasteiger partial charge in [0, 0.05) is 13.0 Å². The van der Waals surface area contributed by atoms with E-state index in [2.05, 4.69) is 36.6 Å². The van der Waals surface area contributed by atoms with E-state index in [4.69, 9.17) is 4.98 Å². The molecule has 3 atom stereocenters. The van der Waals surface area contributed by atoms with E-state index in [0.717, 1.165) is 36.6 Å². The van der Waals surface area contributed by atoms with Crippen LogP contribution in [0.1, 0.15) is 45.4 Å². The minimum absolute atomic E-state index is 0.255. The van der Waals surface area contributed by atoms with Crippen LogP contribution in [0.15, 0.2) is 24.3 Å². The molecule has 1 aromatic carbocycles. The Labute approximate surface area is 127 Å². The summed E-state index contributed by atoms with van der Waals surface area (Å²) in [6.45, 7) is 5.36. The topological polar surface area (TPSA) is 38.0 Å². The Kier molecular flexibility index (Phi) is 4.29. The molecule has 0 radical (unpaired) electrons. The van der Waals surface area contributed by atoms with Crippen molar-refractivity contribution in [2.45, 2.75) is 58.6 Å². The lowest BCUT2D eigenvalue weighted by Gasteiger charge is -2.30. The maximum Gasteiger partial charge on any atom is 0.112 e. The van der Waals surface area contributed by atoms with Gasteiger partial charge in [0.25, 0.3) is 0 Å². The third-order valence-corrected chi connectivity index (χ3v) is 4.96. The van der Waals surface area contributed by atoms with E-state index in [1.807, 2.05) is 6.07 Å².